The lowest BCUT2D eigenvalue weighted by atomic mass is 10.1. The molecule has 0 unspecified atom stereocenters. The Hall–Kier alpha value is -2.02. The van der Waals surface area contributed by atoms with Crippen molar-refractivity contribution in [3.8, 4) is 0 Å². The van der Waals surface area contributed by atoms with Gasteiger partial charge < -0.3 is 10.5 Å². The molecule has 0 atom stereocenters. The quantitative estimate of drug-likeness (QED) is 0.838. The molecule has 116 valence electrons. The van der Waals surface area contributed by atoms with Crippen LogP contribution in [0.5, 0.6) is 0 Å². The summed E-state index contributed by atoms with van der Waals surface area (Å²) in [6.45, 7) is 4.98. The normalized spacial score (nSPS) is 11.1. The fourth-order valence-corrected chi connectivity index (χ4v) is 1.53. The predicted molar refractivity (Wildman–Crippen MR) is 74.2 cm³/mol. The number of hydrogen-bond donors (Lipinski definition) is 2. The Labute approximate surface area is 121 Å². The van der Waals surface area contributed by atoms with E-state index < -0.39 is 34.8 Å². The molecule has 0 aliphatic heterocycles. The summed E-state index contributed by atoms with van der Waals surface area (Å²) in [6, 6.07) is 1.83. The van der Waals surface area contributed by atoms with E-state index in [9.17, 15) is 18.4 Å². The Morgan fingerprint density at radius 1 is 1.29 bits per heavy atom. The van der Waals surface area contributed by atoms with Crippen molar-refractivity contribution in [1.29, 1.82) is 0 Å². The Balaban J connectivity index is 3.01. The molecule has 1 aromatic carbocycles. The van der Waals surface area contributed by atoms with E-state index >= 15 is 0 Å². The molecule has 0 aliphatic carbocycles. The van der Waals surface area contributed by atoms with Crippen LogP contribution in [-0.2, 0) is 4.74 Å². The van der Waals surface area contributed by atoms with Crippen LogP contribution in [-0.4, -0.2) is 24.0 Å². The summed E-state index contributed by atoms with van der Waals surface area (Å²) in [5, 5.41) is 2.09. The number of nitrogens with one attached hydrogen (secondary N) is 1. The Kier molecular flexibility index (Phi) is 5.37. The molecule has 0 aromatic heterocycles. The number of rotatable bonds is 4. The molecule has 0 saturated carbocycles. The van der Waals surface area contributed by atoms with E-state index in [1.165, 1.54) is 0 Å². The maximum atomic E-state index is 13.6. The highest BCUT2D eigenvalue weighted by Gasteiger charge is 2.20. The number of benzene rings is 1. The first kappa shape index (κ1) is 17.0. The van der Waals surface area contributed by atoms with Gasteiger partial charge in [0, 0.05) is 12.0 Å². The number of ketones is 1. The summed E-state index contributed by atoms with van der Waals surface area (Å²) in [6.07, 6.45) is -0.944. The van der Waals surface area contributed by atoms with Gasteiger partial charge >= 0.3 is 6.09 Å². The lowest BCUT2D eigenvalue weighted by molar-refractivity contribution is 0.0634. The zero-order chi connectivity index (χ0) is 16.2. The highest BCUT2D eigenvalue weighted by Crippen LogP contribution is 2.22. The van der Waals surface area contributed by atoms with E-state index in [1.807, 2.05) is 0 Å². The molecular formula is C14H18F2N2O3. The van der Waals surface area contributed by atoms with Crippen LogP contribution in [0.15, 0.2) is 12.1 Å². The van der Waals surface area contributed by atoms with E-state index in [-0.39, 0.29) is 18.5 Å². The van der Waals surface area contributed by atoms with E-state index in [0.29, 0.717) is 0 Å². The SMILES string of the molecule is CC(C)(C)OC(=O)Nc1cc(C(=O)CCN)cc(F)c1F. The van der Waals surface area contributed by atoms with E-state index in [4.69, 9.17) is 10.5 Å². The van der Waals surface area contributed by atoms with Crippen molar-refractivity contribution < 1.29 is 23.1 Å². The highest BCUT2D eigenvalue weighted by molar-refractivity contribution is 5.98. The monoisotopic (exact) mass is 300 g/mol. The summed E-state index contributed by atoms with van der Waals surface area (Å²) in [7, 11) is 0. The Bertz CT molecular complexity index is 554. The van der Waals surface area contributed by atoms with E-state index in [0.717, 1.165) is 12.1 Å². The van der Waals surface area contributed by atoms with Crippen LogP contribution < -0.4 is 11.1 Å². The number of carbonyl (C=O) groups is 2. The number of carbonyl (C=O) groups excluding carboxylic acids is 2. The predicted octanol–water partition coefficient (Wildman–Crippen LogP) is 2.84. The molecular weight excluding hydrogens is 282 g/mol. The Morgan fingerprint density at radius 2 is 1.90 bits per heavy atom. The molecule has 1 aromatic rings. The van der Waals surface area contributed by atoms with Crippen LogP contribution in [0, 0.1) is 11.6 Å². The summed E-state index contributed by atoms with van der Waals surface area (Å²) in [5.74, 6) is -2.93. The van der Waals surface area contributed by atoms with Crippen LogP contribution in [0.1, 0.15) is 37.6 Å². The number of amides is 1. The van der Waals surface area contributed by atoms with Crippen LogP contribution in [0.2, 0.25) is 0 Å². The zero-order valence-corrected chi connectivity index (χ0v) is 12.1. The zero-order valence-electron chi connectivity index (χ0n) is 12.1. The van der Waals surface area contributed by atoms with Crippen molar-refractivity contribution in [2.24, 2.45) is 5.73 Å². The largest absolute Gasteiger partial charge is 0.444 e. The number of halogens is 2. The molecule has 3 N–H and O–H groups in total. The third-order valence-electron chi connectivity index (χ3n) is 2.36. The number of hydrogen-bond acceptors (Lipinski definition) is 4. The van der Waals surface area contributed by atoms with Gasteiger partial charge in [0.15, 0.2) is 17.4 Å². The van der Waals surface area contributed by atoms with Crippen LogP contribution in [0.3, 0.4) is 0 Å². The van der Waals surface area contributed by atoms with Crippen molar-refractivity contribution in [1.82, 2.24) is 0 Å². The van der Waals surface area contributed by atoms with Gasteiger partial charge in [0.05, 0.1) is 5.69 Å². The van der Waals surface area contributed by atoms with Gasteiger partial charge in [-0.05, 0) is 39.4 Å². The second kappa shape index (κ2) is 6.62. The molecule has 0 heterocycles. The number of Topliss-reactive ketones (excluding diaryl/α,β-unsaturated/α-hetero) is 1. The maximum absolute atomic E-state index is 13.6. The summed E-state index contributed by atoms with van der Waals surface area (Å²) in [5.41, 5.74) is 3.94. The van der Waals surface area contributed by atoms with Crippen LogP contribution in [0.4, 0.5) is 19.3 Å². The third-order valence-corrected chi connectivity index (χ3v) is 2.36. The first-order valence-corrected chi connectivity index (χ1v) is 6.36. The molecule has 0 bridgehead atoms. The van der Waals surface area contributed by atoms with Crippen molar-refractivity contribution in [3.63, 3.8) is 0 Å². The standard InChI is InChI=1S/C14H18F2N2O3/c1-14(2,3)21-13(20)18-10-7-8(11(19)4-5-17)6-9(15)12(10)16/h6-7H,4-5,17H2,1-3H3,(H,18,20). The number of anilines is 1. The van der Waals surface area contributed by atoms with Crippen molar-refractivity contribution in [2.45, 2.75) is 32.8 Å². The summed E-state index contributed by atoms with van der Waals surface area (Å²) < 4.78 is 32.1. The lowest BCUT2D eigenvalue weighted by Crippen LogP contribution is -2.27. The van der Waals surface area contributed by atoms with E-state index in [1.54, 1.807) is 20.8 Å². The van der Waals surface area contributed by atoms with Gasteiger partial charge in [0.1, 0.15) is 5.60 Å². The molecule has 0 fully saturated rings. The van der Waals surface area contributed by atoms with Gasteiger partial charge in [-0.15, -0.1) is 0 Å². The van der Waals surface area contributed by atoms with Gasteiger partial charge in [0.2, 0.25) is 0 Å². The van der Waals surface area contributed by atoms with Crippen LogP contribution in [0.25, 0.3) is 0 Å². The fourth-order valence-electron chi connectivity index (χ4n) is 1.53. The molecule has 0 saturated heterocycles. The summed E-state index contributed by atoms with van der Waals surface area (Å²) in [4.78, 5) is 23.2. The molecule has 1 amide bonds. The van der Waals surface area contributed by atoms with Crippen molar-refractivity contribution in [2.75, 3.05) is 11.9 Å². The molecule has 1 rings (SSSR count). The average Bonchev–Trinajstić information content (AvgIpc) is 2.32. The van der Waals surface area contributed by atoms with Gasteiger partial charge in [-0.2, -0.15) is 0 Å². The minimum atomic E-state index is -1.26. The van der Waals surface area contributed by atoms with Crippen LogP contribution >= 0.6 is 0 Å². The topological polar surface area (TPSA) is 81.4 Å². The van der Waals surface area contributed by atoms with E-state index in [2.05, 4.69) is 5.32 Å². The molecule has 5 nitrogen and oxygen atoms in total. The second-order valence-electron chi connectivity index (χ2n) is 5.41. The molecule has 0 aliphatic rings. The molecule has 7 heteroatoms. The van der Waals surface area contributed by atoms with Crippen molar-refractivity contribution in [3.05, 3.63) is 29.3 Å². The molecule has 0 spiro atoms. The number of ether oxygens (including phenoxy) is 1. The summed E-state index contributed by atoms with van der Waals surface area (Å²) >= 11 is 0. The minimum Gasteiger partial charge on any atom is -0.444 e. The maximum Gasteiger partial charge on any atom is 0.412 e. The Morgan fingerprint density at radius 3 is 2.43 bits per heavy atom. The van der Waals surface area contributed by atoms with Gasteiger partial charge in [0.25, 0.3) is 0 Å². The second-order valence-corrected chi connectivity index (χ2v) is 5.41. The van der Waals surface area contributed by atoms with Gasteiger partial charge in [-0.1, -0.05) is 0 Å². The average molecular weight is 300 g/mol. The number of nitrogens with two attached hydrogens (primary N) is 1. The fraction of sp³-hybridized carbons (Fsp3) is 0.429. The van der Waals surface area contributed by atoms with Gasteiger partial charge in [-0.25, -0.2) is 13.6 Å². The lowest BCUT2D eigenvalue weighted by Gasteiger charge is -2.20. The van der Waals surface area contributed by atoms with Crippen molar-refractivity contribution >= 4 is 17.6 Å². The molecule has 0 radical (unpaired) electrons. The van der Waals surface area contributed by atoms with Gasteiger partial charge in [-0.3, -0.25) is 10.1 Å². The minimum absolute atomic E-state index is 0.00303. The highest BCUT2D eigenvalue weighted by atomic mass is 19.2. The first-order valence-electron chi connectivity index (χ1n) is 6.36. The molecule has 21 heavy (non-hydrogen) atoms. The smallest absolute Gasteiger partial charge is 0.412 e. The first-order chi connectivity index (χ1) is 9.64. The third kappa shape index (κ3) is 5.11.